The van der Waals surface area contributed by atoms with Crippen LogP contribution in [0.15, 0.2) is 55.1 Å². The molecule has 0 aliphatic carbocycles. The first-order valence-electron chi connectivity index (χ1n) is 9.80. The molecular formula is C22H14F3N3O5S. The Morgan fingerprint density at radius 1 is 1.15 bits per heavy atom. The molecule has 1 aromatic carbocycles. The van der Waals surface area contributed by atoms with Crippen LogP contribution in [-0.4, -0.2) is 25.2 Å². The zero-order chi connectivity index (χ0) is 24.4. The van der Waals surface area contributed by atoms with E-state index in [9.17, 15) is 32.7 Å². The van der Waals surface area contributed by atoms with Gasteiger partial charge in [0.1, 0.15) is 11.5 Å². The Hall–Kier alpha value is -4.06. The van der Waals surface area contributed by atoms with Gasteiger partial charge in [-0.1, -0.05) is 0 Å². The van der Waals surface area contributed by atoms with Gasteiger partial charge in [0, 0.05) is 16.1 Å². The molecule has 5 rings (SSSR count). The zero-order valence-corrected chi connectivity index (χ0v) is 18.1. The Balaban J connectivity index is 1.93. The largest absolute Gasteiger partial charge is 0.477 e. The van der Waals surface area contributed by atoms with Crippen molar-refractivity contribution in [2.45, 2.75) is 19.6 Å². The van der Waals surface area contributed by atoms with Crippen LogP contribution in [0.4, 0.5) is 13.2 Å². The van der Waals surface area contributed by atoms with Crippen molar-refractivity contribution in [1.29, 1.82) is 0 Å². The molecule has 5 aromatic rings. The predicted octanol–water partition coefficient (Wildman–Crippen LogP) is 4.36. The molecule has 8 nitrogen and oxygen atoms in total. The second-order valence-corrected chi connectivity index (χ2v) is 8.34. The van der Waals surface area contributed by atoms with Crippen molar-refractivity contribution in [3.05, 3.63) is 84.7 Å². The van der Waals surface area contributed by atoms with Crippen molar-refractivity contribution in [3.8, 4) is 5.69 Å². The summed E-state index contributed by atoms with van der Waals surface area (Å²) < 4.78 is 47.9. The highest BCUT2D eigenvalue weighted by atomic mass is 32.1. The van der Waals surface area contributed by atoms with Crippen LogP contribution in [-0.2, 0) is 12.7 Å². The molecule has 0 fully saturated rings. The smallest absolute Gasteiger partial charge is 0.416 e. The van der Waals surface area contributed by atoms with Crippen molar-refractivity contribution < 1.29 is 27.5 Å². The van der Waals surface area contributed by atoms with E-state index in [1.165, 1.54) is 15.3 Å². The molecule has 4 aromatic heterocycles. The minimum Gasteiger partial charge on any atom is -0.477 e. The van der Waals surface area contributed by atoms with Crippen LogP contribution in [0.1, 0.15) is 27.6 Å². The van der Waals surface area contributed by atoms with Crippen LogP contribution in [0, 0.1) is 6.92 Å². The van der Waals surface area contributed by atoms with E-state index in [-0.39, 0.29) is 28.4 Å². The molecule has 34 heavy (non-hydrogen) atoms. The number of nitrogens with zero attached hydrogens (tertiary/aromatic N) is 2. The third-order valence-electron chi connectivity index (χ3n) is 5.44. The fraction of sp³-hybridized carbons (Fsp3) is 0.136. The van der Waals surface area contributed by atoms with Gasteiger partial charge < -0.3 is 19.1 Å². The number of fused-ring (bicyclic) bond motifs is 2. The number of rotatable bonds is 4. The van der Waals surface area contributed by atoms with Gasteiger partial charge in [-0.2, -0.15) is 13.2 Å². The highest BCUT2D eigenvalue weighted by Crippen LogP contribution is 2.36. The number of benzene rings is 1. The van der Waals surface area contributed by atoms with Crippen LogP contribution in [0.5, 0.6) is 0 Å². The molecule has 0 aliphatic rings. The highest BCUT2D eigenvalue weighted by molar-refractivity contribution is 7.09. The molecule has 0 amide bonds. The number of carboxylic acids is 1. The monoisotopic (exact) mass is 489 g/mol. The molecular weight excluding hydrogens is 475 g/mol. The van der Waals surface area contributed by atoms with Gasteiger partial charge in [-0.15, -0.1) is 11.3 Å². The summed E-state index contributed by atoms with van der Waals surface area (Å²) in [4.78, 5) is 41.0. The first-order chi connectivity index (χ1) is 16.1. The zero-order valence-electron chi connectivity index (χ0n) is 17.3. The lowest BCUT2D eigenvalue weighted by molar-refractivity contribution is -0.137. The fourth-order valence-electron chi connectivity index (χ4n) is 3.99. The molecule has 174 valence electrons. The Labute approximate surface area is 191 Å². The number of aromatic nitrogens is 3. The number of H-pyrrole nitrogens is 1. The number of halogens is 3. The van der Waals surface area contributed by atoms with Crippen LogP contribution in [0.25, 0.3) is 27.5 Å². The number of furan rings is 1. The van der Waals surface area contributed by atoms with Crippen LogP contribution in [0.2, 0.25) is 0 Å². The molecule has 4 heterocycles. The Kier molecular flexibility index (Phi) is 4.79. The van der Waals surface area contributed by atoms with Gasteiger partial charge in [-0.25, -0.2) is 14.2 Å². The summed E-state index contributed by atoms with van der Waals surface area (Å²) in [6, 6.07) is 5.93. The second kappa shape index (κ2) is 7.48. The normalized spacial score (nSPS) is 12.1. The summed E-state index contributed by atoms with van der Waals surface area (Å²) in [5.74, 6) is -0.629. The second-order valence-electron chi connectivity index (χ2n) is 7.60. The van der Waals surface area contributed by atoms with E-state index in [1.807, 2.05) is 0 Å². The first-order valence-corrected chi connectivity index (χ1v) is 10.7. The van der Waals surface area contributed by atoms with Crippen molar-refractivity contribution in [2.75, 3.05) is 0 Å². The number of hydrogen-bond acceptors (Lipinski definition) is 5. The molecule has 0 radical (unpaired) electrons. The van der Waals surface area contributed by atoms with Crippen molar-refractivity contribution in [3.63, 3.8) is 0 Å². The minimum atomic E-state index is -4.73. The first kappa shape index (κ1) is 21.8. The standard InChI is InChI=1S/C22H14F3N3O5S/c1-10-2-4-12(33-10)7-27-16-5-3-11(22(23,24)25)6-13(16)17(18(27)20(30)31)28-19(29)14-8-34-9-15(14)26-21(28)32/h2-6,8-9H,7H2,1H3,(H,26,32)(H,30,31). The Bertz CT molecular complexity index is 1720. The minimum absolute atomic E-state index is 0.0890. The molecule has 2 N–H and O–H groups in total. The fourth-order valence-corrected chi connectivity index (χ4v) is 4.75. The van der Waals surface area contributed by atoms with Gasteiger partial charge in [0.25, 0.3) is 5.56 Å². The van der Waals surface area contributed by atoms with E-state index in [4.69, 9.17) is 4.42 Å². The van der Waals surface area contributed by atoms with Crippen LogP contribution >= 0.6 is 11.3 Å². The Morgan fingerprint density at radius 3 is 2.56 bits per heavy atom. The lowest BCUT2D eigenvalue weighted by atomic mass is 10.1. The number of carboxylic acid groups (broad SMARTS) is 1. The number of aryl methyl sites for hydroxylation is 1. The molecule has 0 atom stereocenters. The average Bonchev–Trinajstić information content (AvgIpc) is 3.46. The van der Waals surface area contributed by atoms with Gasteiger partial charge >= 0.3 is 17.8 Å². The van der Waals surface area contributed by atoms with Crippen LogP contribution < -0.4 is 11.2 Å². The third kappa shape index (κ3) is 3.34. The summed E-state index contributed by atoms with van der Waals surface area (Å²) in [5.41, 5.74) is -3.49. The van der Waals surface area contributed by atoms with E-state index < -0.39 is 40.3 Å². The molecule has 12 heteroatoms. The number of aromatic carboxylic acids is 1. The lowest BCUT2D eigenvalue weighted by Crippen LogP contribution is -2.34. The summed E-state index contributed by atoms with van der Waals surface area (Å²) in [7, 11) is 0. The molecule has 0 saturated heterocycles. The van der Waals surface area contributed by atoms with Crippen molar-refractivity contribution in [1.82, 2.24) is 14.1 Å². The topological polar surface area (TPSA) is 110 Å². The summed E-state index contributed by atoms with van der Waals surface area (Å²) in [5, 5.41) is 13.0. The maximum absolute atomic E-state index is 13.5. The molecule has 0 spiro atoms. The van der Waals surface area contributed by atoms with Crippen molar-refractivity contribution in [2.24, 2.45) is 0 Å². The number of alkyl halides is 3. The van der Waals surface area contributed by atoms with E-state index in [0.717, 1.165) is 29.5 Å². The summed E-state index contributed by atoms with van der Waals surface area (Å²) in [6.07, 6.45) is -4.73. The average molecular weight is 489 g/mol. The molecule has 0 bridgehead atoms. The van der Waals surface area contributed by atoms with E-state index in [0.29, 0.717) is 16.1 Å². The number of aromatic amines is 1. The van der Waals surface area contributed by atoms with Gasteiger partial charge in [0.15, 0.2) is 5.69 Å². The number of nitrogens with one attached hydrogen (secondary N) is 1. The maximum Gasteiger partial charge on any atom is 0.416 e. The quantitative estimate of drug-likeness (QED) is 0.390. The van der Waals surface area contributed by atoms with Crippen LogP contribution in [0.3, 0.4) is 0 Å². The number of carbonyl (C=O) groups is 1. The summed E-state index contributed by atoms with van der Waals surface area (Å²) in [6.45, 7) is 1.54. The number of thiophene rings is 1. The van der Waals surface area contributed by atoms with E-state index in [2.05, 4.69) is 4.98 Å². The lowest BCUT2D eigenvalue weighted by Gasteiger charge is -2.08. The molecule has 0 unspecified atom stereocenters. The summed E-state index contributed by atoms with van der Waals surface area (Å²) >= 11 is 1.14. The third-order valence-corrected chi connectivity index (χ3v) is 6.18. The van der Waals surface area contributed by atoms with Gasteiger partial charge in [0.2, 0.25) is 0 Å². The van der Waals surface area contributed by atoms with Gasteiger partial charge in [-0.05, 0) is 37.3 Å². The number of hydrogen-bond donors (Lipinski definition) is 2. The molecule has 0 aliphatic heterocycles. The maximum atomic E-state index is 13.5. The van der Waals surface area contributed by atoms with Gasteiger partial charge in [0.05, 0.1) is 34.2 Å². The van der Waals surface area contributed by atoms with E-state index >= 15 is 0 Å². The van der Waals surface area contributed by atoms with Crippen molar-refractivity contribution >= 4 is 39.1 Å². The predicted molar refractivity (Wildman–Crippen MR) is 118 cm³/mol. The van der Waals surface area contributed by atoms with Gasteiger partial charge in [-0.3, -0.25) is 4.79 Å². The molecule has 0 saturated carbocycles. The highest BCUT2D eigenvalue weighted by Gasteiger charge is 2.33. The Morgan fingerprint density at radius 2 is 1.91 bits per heavy atom. The SMILES string of the molecule is Cc1ccc(Cn2c(C(=O)O)c(-n3c(=O)[nH]c4cscc4c3=O)c3cc(C(F)(F)F)ccc32)o1. The van der Waals surface area contributed by atoms with E-state index in [1.54, 1.807) is 19.1 Å².